The molecule has 3 heterocycles. The lowest BCUT2D eigenvalue weighted by molar-refractivity contribution is 0.253. The van der Waals surface area contributed by atoms with E-state index in [1.807, 2.05) is 11.3 Å². The van der Waals surface area contributed by atoms with Gasteiger partial charge in [-0.15, -0.1) is 11.3 Å². The van der Waals surface area contributed by atoms with Crippen molar-refractivity contribution < 1.29 is 0 Å². The lowest BCUT2D eigenvalue weighted by atomic mass is 10.1. The van der Waals surface area contributed by atoms with Crippen LogP contribution in [-0.2, 0) is 19.4 Å². The van der Waals surface area contributed by atoms with Crippen LogP contribution in [0.25, 0.3) is 0 Å². The average molecular weight is 234 g/mol. The lowest BCUT2D eigenvalue weighted by Crippen LogP contribution is -2.32. The van der Waals surface area contributed by atoms with E-state index in [-0.39, 0.29) is 0 Å². The molecule has 1 N–H and O–H groups in total. The highest BCUT2D eigenvalue weighted by molar-refractivity contribution is 7.09. The summed E-state index contributed by atoms with van der Waals surface area (Å²) in [6.45, 7) is 3.16. The van der Waals surface area contributed by atoms with E-state index in [9.17, 15) is 0 Å². The highest BCUT2D eigenvalue weighted by Crippen LogP contribution is 2.15. The van der Waals surface area contributed by atoms with Crippen LogP contribution in [0, 0.1) is 0 Å². The minimum Gasteiger partial charge on any atom is -0.297 e. The summed E-state index contributed by atoms with van der Waals surface area (Å²) in [4.78, 5) is 3.91. The maximum Gasteiger partial charge on any atom is 0.0997 e. The van der Waals surface area contributed by atoms with Crippen LogP contribution in [0.3, 0.4) is 0 Å². The quantitative estimate of drug-likeness (QED) is 0.874. The molecule has 0 saturated carbocycles. The highest BCUT2D eigenvalue weighted by Gasteiger charge is 2.18. The Hall–Kier alpha value is -1.20. The molecule has 0 spiro atoms. The average Bonchev–Trinajstić information content (AvgIpc) is 2.97. The molecule has 2 aromatic heterocycles. The van der Waals surface area contributed by atoms with Crippen molar-refractivity contribution in [3.05, 3.63) is 33.8 Å². The first kappa shape index (κ1) is 9.99. The molecule has 16 heavy (non-hydrogen) atoms. The van der Waals surface area contributed by atoms with Crippen LogP contribution in [-0.4, -0.2) is 33.4 Å². The number of hydrogen-bond acceptors (Lipinski definition) is 4. The predicted molar refractivity (Wildman–Crippen MR) is 63.4 cm³/mol. The molecule has 0 aliphatic carbocycles. The SMILES string of the molecule is c1csc(CCN2CCc3n[nH]nc3C2)c1. The lowest BCUT2D eigenvalue weighted by Gasteiger charge is -2.24. The van der Waals surface area contributed by atoms with Crippen molar-refractivity contribution in [1.82, 2.24) is 20.3 Å². The Balaban J connectivity index is 1.58. The van der Waals surface area contributed by atoms with Crippen LogP contribution in [0.15, 0.2) is 17.5 Å². The molecule has 0 atom stereocenters. The Kier molecular flexibility index (Phi) is 2.71. The van der Waals surface area contributed by atoms with Gasteiger partial charge in [0.2, 0.25) is 0 Å². The first-order valence-corrected chi connectivity index (χ1v) is 6.43. The van der Waals surface area contributed by atoms with E-state index in [0.29, 0.717) is 0 Å². The number of hydrogen-bond donors (Lipinski definition) is 1. The molecule has 0 fully saturated rings. The zero-order valence-corrected chi connectivity index (χ0v) is 9.83. The number of aromatic nitrogens is 3. The summed E-state index contributed by atoms with van der Waals surface area (Å²) in [5, 5.41) is 13.2. The molecule has 1 aliphatic heterocycles. The van der Waals surface area contributed by atoms with E-state index in [0.717, 1.165) is 43.9 Å². The molecular formula is C11H14N4S. The molecule has 84 valence electrons. The summed E-state index contributed by atoms with van der Waals surface area (Å²) in [6.07, 6.45) is 2.17. The molecule has 0 radical (unpaired) electrons. The molecule has 0 amide bonds. The van der Waals surface area contributed by atoms with Crippen LogP contribution >= 0.6 is 11.3 Å². The topological polar surface area (TPSA) is 44.8 Å². The third-order valence-corrected chi connectivity index (χ3v) is 3.93. The summed E-state index contributed by atoms with van der Waals surface area (Å²) in [5.74, 6) is 0. The number of nitrogens with one attached hydrogen (secondary N) is 1. The number of H-pyrrole nitrogens is 1. The summed E-state index contributed by atoms with van der Waals surface area (Å²) in [5.41, 5.74) is 2.27. The van der Waals surface area contributed by atoms with Crippen molar-refractivity contribution >= 4 is 11.3 Å². The third kappa shape index (κ3) is 2.01. The smallest absolute Gasteiger partial charge is 0.0997 e. The monoisotopic (exact) mass is 234 g/mol. The third-order valence-electron chi connectivity index (χ3n) is 3.00. The molecule has 0 bridgehead atoms. The normalized spacial score (nSPS) is 16.2. The minimum absolute atomic E-state index is 0.942. The highest BCUT2D eigenvalue weighted by atomic mass is 32.1. The van der Waals surface area contributed by atoms with E-state index >= 15 is 0 Å². The van der Waals surface area contributed by atoms with Gasteiger partial charge in [-0.25, -0.2) is 0 Å². The van der Waals surface area contributed by atoms with Gasteiger partial charge < -0.3 is 0 Å². The Bertz CT molecular complexity index is 448. The van der Waals surface area contributed by atoms with Crippen molar-refractivity contribution in [3.63, 3.8) is 0 Å². The van der Waals surface area contributed by atoms with Gasteiger partial charge in [-0.1, -0.05) is 6.07 Å². The van der Waals surface area contributed by atoms with Gasteiger partial charge in [0.15, 0.2) is 0 Å². The molecule has 3 rings (SSSR count). The van der Waals surface area contributed by atoms with Crippen molar-refractivity contribution in [2.45, 2.75) is 19.4 Å². The zero-order chi connectivity index (χ0) is 10.8. The fourth-order valence-corrected chi connectivity index (χ4v) is 2.77. The van der Waals surface area contributed by atoms with Crippen molar-refractivity contribution in [1.29, 1.82) is 0 Å². The van der Waals surface area contributed by atoms with E-state index < -0.39 is 0 Å². The number of thiophene rings is 1. The van der Waals surface area contributed by atoms with E-state index in [1.54, 1.807) is 0 Å². The Labute approximate surface area is 98.3 Å². The molecule has 1 aliphatic rings. The molecule has 0 saturated heterocycles. The Morgan fingerprint density at radius 1 is 1.38 bits per heavy atom. The summed E-state index contributed by atoms with van der Waals surface area (Å²) < 4.78 is 0. The van der Waals surface area contributed by atoms with Gasteiger partial charge in [-0.2, -0.15) is 15.4 Å². The first-order valence-electron chi connectivity index (χ1n) is 5.55. The Morgan fingerprint density at radius 3 is 3.19 bits per heavy atom. The second-order valence-electron chi connectivity index (χ2n) is 4.07. The van der Waals surface area contributed by atoms with Gasteiger partial charge in [0.1, 0.15) is 0 Å². The molecule has 0 unspecified atom stereocenters. The molecule has 5 heteroatoms. The number of fused-ring (bicyclic) bond motifs is 1. The number of rotatable bonds is 3. The van der Waals surface area contributed by atoms with E-state index in [2.05, 4.69) is 37.8 Å². The second-order valence-corrected chi connectivity index (χ2v) is 5.10. The van der Waals surface area contributed by atoms with Crippen LogP contribution < -0.4 is 0 Å². The van der Waals surface area contributed by atoms with Gasteiger partial charge in [0, 0.05) is 30.9 Å². The second kappa shape index (κ2) is 4.35. The fraction of sp³-hybridized carbons (Fsp3) is 0.455. The first-order chi connectivity index (χ1) is 7.92. The maximum atomic E-state index is 4.18. The fourth-order valence-electron chi connectivity index (χ4n) is 2.07. The Morgan fingerprint density at radius 2 is 2.31 bits per heavy atom. The maximum absolute atomic E-state index is 4.18. The number of nitrogens with zero attached hydrogens (tertiary/aromatic N) is 3. The summed E-state index contributed by atoms with van der Waals surface area (Å²) in [6, 6.07) is 4.32. The summed E-state index contributed by atoms with van der Waals surface area (Å²) >= 11 is 1.84. The molecule has 4 nitrogen and oxygen atoms in total. The molecule has 0 aromatic carbocycles. The van der Waals surface area contributed by atoms with Crippen molar-refractivity contribution in [3.8, 4) is 0 Å². The molecule has 2 aromatic rings. The van der Waals surface area contributed by atoms with Crippen LogP contribution in [0.5, 0.6) is 0 Å². The largest absolute Gasteiger partial charge is 0.297 e. The van der Waals surface area contributed by atoms with Gasteiger partial charge in [0.25, 0.3) is 0 Å². The van der Waals surface area contributed by atoms with Crippen molar-refractivity contribution in [2.75, 3.05) is 13.1 Å². The van der Waals surface area contributed by atoms with Gasteiger partial charge >= 0.3 is 0 Å². The molecular weight excluding hydrogens is 220 g/mol. The van der Waals surface area contributed by atoms with E-state index in [4.69, 9.17) is 0 Å². The number of aromatic amines is 1. The predicted octanol–water partition coefficient (Wildman–Crippen LogP) is 1.47. The van der Waals surface area contributed by atoms with Crippen LogP contribution in [0.1, 0.15) is 16.3 Å². The zero-order valence-electron chi connectivity index (χ0n) is 9.02. The minimum atomic E-state index is 0.942. The van der Waals surface area contributed by atoms with Crippen molar-refractivity contribution in [2.24, 2.45) is 0 Å². The van der Waals surface area contributed by atoms with Gasteiger partial charge in [-0.05, 0) is 17.9 Å². The van der Waals surface area contributed by atoms with E-state index in [1.165, 1.54) is 4.88 Å². The van der Waals surface area contributed by atoms with Crippen LogP contribution in [0.4, 0.5) is 0 Å². The summed E-state index contributed by atoms with van der Waals surface area (Å²) in [7, 11) is 0. The standard InChI is InChI=1S/C11H14N4S/c1-2-9(16-7-1)3-5-15-6-4-10-11(8-15)13-14-12-10/h1-2,7H,3-6,8H2,(H,12,13,14). The van der Waals surface area contributed by atoms with Gasteiger partial charge in [-0.3, -0.25) is 4.90 Å². The van der Waals surface area contributed by atoms with Crippen LogP contribution in [0.2, 0.25) is 0 Å². The van der Waals surface area contributed by atoms with Gasteiger partial charge in [0.05, 0.1) is 11.4 Å².